The molecule has 2 rings (SSSR count). The number of carbonyl (C=O) groups is 1. The molecule has 0 aliphatic heterocycles. The van der Waals surface area contributed by atoms with Gasteiger partial charge in [0.15, 0.2) is 11.5 Å². The van der Waals surface area contributed by atoms with Gasteiger partial charge >= 0.3 is 0 Å². The van der Waals surface area contributed by atoms with Crippen molar-refractivity contribution in [3.05, 3.63) is 52.5 Å². The van der Waals surface area contributed by atoms with Crippen LogP contribution in [0.25, 0.3) is 0 Å². The van der Waals surface area contributed by atoms with E-state index in [9.17, 15) is 4.79 Å². The van der Waals surface area contributed by atoms with Crippen molar-refractivity contribution in [3.8, 4) is 17.2 Å². The molecule has 152 valence electrons. The van der Waals surface area contributed by atoms with Gasteiger partial charge in [0.1, 0.15) is 5.75 Å². The van der Waals surface area contributed by atoms with Gasteiger partial charge in [-0.1, -0.05) is 23.7 Å². The number of nitrogens with one attached hydrogen (secondary N) is 1. The molecule has 0 aliphatic rings. The Hall–Kier alpha value is -2.40. The minimum absolute atomic E-state index is 0.00552. The topological polar surface area (TPSA) is 56.8 Å². The highest BCUT2D eigenvalue weighted by molar-refractivity contribution is 6.32. The molecule has 0 radical (unpaired) electrons. The summed E-state index contributed by atoms with van der Waals surface area (Å²) < 4.78 is 16.1. The molecule has 1 N–H and O–H groups in total. The third-order valence-electron chi connectivity index (χ3n) is 4.23. The van der Waals surface area contributed by atoms with Crippen molar-refractivity contribution < 1.29 is 19.0 Å². The summed E-state index contributed by atoms with van der Waals surface area (Å²) in [5.41, 5.74) is 1.64. The SMILES string of the molecule is COc1cc(C(=O)NC(C)CCc2ccc(OC(C)C)cc2)cc(Cl)c1OC. The zero-order valence-corrected chi connectivity index (χ0v) is 17.8. The molecule has 1 unspecified atom stereocenters. The summed E-state index contributed by atoms with van der Waals surface area (Å²) in [6, 6.07) is 11.3. The van der Waals surface area contributed by atoms with E-state index in [-0.39, 0.29) is 18.1 Å². The molecule has 1 atom stereocenters. The summed E-state index contributed by atoms with van der Waals surface area (Å²) in [5, 5.41) is 3.34. The molecule has 2 aromatic carbocycles. The highest BCUT2D eigenvalue weighted by Gasteiger charge is 2.16. The predicted molar refractivity (Wildman–Crippen MR) is 112 cm³/mol. The van der Waals surface area contributed by atoms with Gasteiger partial charge in [-0.3, -0.25) is 4.79 Å². The van der Waals surface area contributed by atoms with E-state index in [0.717, 1.165) is 18.6 Å². The highest BCUT2D eigenvalue weighted by Crippen LogP contribution is 2.36. The third kappa shape index (κ3) is 6.06. The van der Waals surface area contributed by atoms with Crippen LogP contribution < -0.4 is 19.5 Å². The fourth-order valence-electron chi connectivity index (χ4n) is 2.82. The summed E-state index contributed by atoms with van der Waals surface area (Å²) >= 11 is 6.18. The molecule has 0 spiro atoms. The highest BCUT2D eigenvalue weighted by atomic mass is 35.5. The van der Waals surface area contributed by atoms with Crippen LogP contribution in [0.15, 0.2) is 36.4 Å². The van der Waals surface area contributed by atoms with Gasteiger partial charge in [-0.2, -0.15) is 0 Å². The number of hydrogen-bond donors (Lipinski definition) is 1. The predicted octanol–water partition coefficient (Wildman–Crippen LogP) is 4.90. The van der Waals surface area contributed by atoms with Crippen molar-refractivity contribution in [2.24, 2.45) is 0 Å². The first kappa shape index (κ1) is 21.9. The number of ether oxygens (including phenoxy) is 3. The Kier molecular flexibility index (Phi) is 8.00. The zero-order chi connectivity index (χ0) is 20.7. The maximum absolute atomic E-state index is 12.6. The van der Waals surface area contributed by atoms with Gasteiger partial charge in [-0.05, 0) is 63.4 Å². The van der Waals surface area contributed by atoms with Crippen molar-refractivity contribution in [1.29, 1.82) is 0 Å². The second-order valence-electron chi connectivity index (χ2n) is 6.92. The number of halogens is 1. The lowest BCUT2D eigenvalue weighted by Crippen LogP contribution is -2.32. The Balaban J connectivity index is 1.93. The van der Waals surface area contributed by atoms with E-state index in [1.165, 1.54) is 19.8 Å². The van der Waals surface area contributed by atoms with E-state index in [1.807, 2.05) is 32.9 Å². The fourth-order valence-corrected chi connectivity index (χ4v) is 3.11. The van der Waals surface area contributed by atoms with Crippen LogP contribution in [-0.2, 0) is 6.42 Å². The number of benzene rings is 2. The summed E-state index contributed by atoms with van der Waals surface area (Å²) in [6.07, 6.45) is 1.83. The molecule has 0 bridgehead atoms. The number of amides is 1. The van der Waals surface area contributed by atoms with Crippen LogP contribution in [0.1, 0.15) is 43.1 Å². The molecule has 1 amide bonds. The van der Waals surface area contributed by atoms with E-state index in [2.05, 4.69) is 17.4 Å². The first-order chi connectivity index (χ1) is 13.3. The van der Waals surface area contributed by atoms with Crippen LogP contribution in [0.4, 0.5) is 0 Å². The van der Waals surface area contributed by atoms with Crippen molar-refractivity contribution in [2.75, 3.05) is 14.2 Å². The summed E-state index contributed by atoms with van der Waals surface area (Å²) in [4.78, 5) is 12.6. The molecule has 28 heavy (non-hydrogen) atoms. The largest absolute Gasteiger partial charge is 0.493 e. The third-order valence-corrected chi connectivity index (χ3v) is 4.52. The van der Waals surface area contributed by atoms with Gasteiger partial charge in [0.2, 0.25) is 0 Å². The van der Waals surface area contributed by atoms with Gasteiger partial charge < -0.3 is 19.5 Å². The van der Waals surface area contributed by atoms with Gasteiger partial charge in [0.25, 0.3) is 5.91 Å². The zero-order valence-electron chi connectivity index (χ0n) is 17.0. The second-order valence-corrected chi connectivity index (χ2v) is 7.32. The number of aryl methyl sites for hydroxylation is 1. The molecule has 5 nitrogen and oxygen atoms in total. The smallest absolute Gasteiger partial charge is 0.251 e. The average Bonchev–Trinajstić information content (AvgIpc) is 2.66. The van der Waals surface area contributed by atoms with E-state index in [0.29, 0.717) is 22.1 Å². The maximum Gasteiger partial charge on any atom is 0.251 e. The van der Waals surface area contributed by atoms with Crippen molar-refractivity contribution in [3.63, 3.8) is 0 Å². The number of methoxy groups -OCH3 is 2. The number of carbonyl (C=O) groups excluding carboxylic acids is 1. The van der Waals surface area contributed by atoms with Gasteiger partial charge in [-0.15, -0.1) is 0 Å². The molecule has 0 fully saturated rings. The summed E-state index contributed by atoms with van der Waals surface area (Å²) in [5.74, 6) is 1.51. The lowest BCUT2D eigenvalue weighted by atomic mass is 10.1. The molecule has 0 saturated heterocycles. The van der Waals surface area contributed by atoms with Crippen LogP contribution in [0.3, 0.4) is 0 Å². The lowest BCUT2D eigenvalue weighted by molar-refractivity contribution is 0.0938. The maximum atomic E-state index is 12.6. The standard InChI is InChI=1S/C22H28ClNO4/c1-14(2)28-18-10-8-16(9-11-18)7-6-15(3)24-22(25)17-12-19(23)21(27-5)20(13-17)26-4/h8-15H,6-7H2,1-5H3,(H,24,25). The molecule has 6 heteroatoms. The molecule has 2 aromatic rings. The molecule has 0 aromatic heterocycles. The van der Waals surface area contributed by atoms with Crippen LogP contribution in [-0.4, -0.2) is 32.3 Å². The normalized spacial score (nSPS) is 11.8. The van der Waals surface area contributed by atoms with Crippen molar-refractivity contribution >= 4 is 17.5 Å². The first-order valence-electron chi connectivity index (χ1n) is 9.32. The quantitative estimate of drug-likeness (QED) is 0.644. The van der Waals surface area contributed by atoms with Crippen LogP contribution in [0, 0.1) is 0 Å². The second kappa shape index (κ2) is 10.2. The minimum atomic E-state index is -0.198. The van der Waals surface area contributed by atoms with E-state index in [1.54, 1.807) is 12.1 Å². The fraction of sp³-hybridized carbons (Fsp3) is 0.409. The van der Waals surface area contributed by atoms with Gasteiger partial charge in [0.05, 0.1) is 25.3 Å². The monoisotopic (exact) mass is 405 g/mol. The number of hydrogen-bond acceptors (Lipinski definition) is 4. The lowest BCUT2D eigenvalue weighted by Gasteiger charge is -2.16. The van der Waals surface area contributed by atoms with E-state index < -0.39 is 0 Å². The summed E-state index contributed by atoms with van der Waals surface area (Å²) in [7, 11) is 3.02. The van der Waals surface area contributed by atoms with Crippen LogP contribution in [0.5, 0.6) is 17.2 Å². The van der Waals surface area contributed by atoms with Gasteiger partial charge in [0, 0.05) is 11.6 Å². The summed E-state index contributed by atoms with van der Waals surface area (Å²) in [6.45, 7) is 5.99. The van der Waals surface area contributed by atoms with Crippen LogP contribution >= 0.6 is 11.6 Å². The van der Waals surface area contributed by atoms with Gasteiger partial charge in [-0.25, -0.2) is 0 Å². The molecular formula is C22H28ClNO4. The Morgan fingerprint density at radius 2 is 1.75 bits per heavy atom. The first-order valence-corrected chi connectivity index (χ1v) is 9.69. The molecule has 0 aliphatic carbocycles. The minimum Gasteiger partial charge on any atom is -0.493 e. The van der Waals surface area contributed by atoms with E-state index in [4.69, 9.17) is 25.8 Å². The Morgan fingerprint density at radius 3 is 2.32 bits per heavy atom. The molecule has 0 heterocycles. The molecular weight excluding hydrogens is 378 g/mol. The number of rotatable bonds is 9. The Morgan fingerprint density at radius 1 is 1.07 bits per heavy atom. The molecule has 0 saturated carbocycles. The van der Waals surface area contributed by atoms with Crippen molar-refractivity contribution in [1.82, 2.24) is 5.32 Å². The van der Waals surface area contributed by atoms with Crippen molar-refractivity contribution in [2.45, 2.75) is 45.8 Å². The van der Waals surface area contributed by atoms with Crippen LogP contribution in [0.2, 0.25) is 5.02 Å². The van der Waals surface area contributed by atoms with E-state index >= 15 is 0 Å². The Labute approximate surface area is 171 Å². The Bertz CT molecular complexity index is 790. The average molecular weight is 406 g/mol.